The Labute approximate surface area is 199 Å². The minimum absolute atomic E-state index is 0.0109. The van der Waals surface area contributed by atoms with Gasteiger partial charge in [0.25, 0.3) is 0 Å². The van der Waals surface area contributed by atoms with Crippen LogP contribution in [-0.4, -0.2) is 66.9 Å². The molecule has 0 saturated heterocycles. The van der Waals surface area contributed by atoms with Gasteiger partial charge in [0.2, 0.25) is 5.91 Å². The van der Waals surface area contributed by atoms with E-state index in [1.807, 2.05) is 6.92 Å². The molecule has 1 aliphatic rings. The molecule has 0 bridgehead atoms. The van der Waals surface area contributed by atoms with Crippen molar-refractivity contribution in [2.24, 2.45) is 5.92 Å². The summed E-state index contributed by atoms with van der Waals surface area (Å²) in [6.07, 6.45) is 0.415. The molecule has 11 heteroatoms. The van der Waals surface area contributed by atoms with E-state index in [1.165, 1.54) is 15.8 Å². The summed E-state index contributed by atoms with van der Waals surface area (Å²) in [5, 5.41) is 12.1. The maximum absolute atomic E-state index is 13.2. The van der Waals surface area contributed by atoms with Gasteiger partial charge < -0.3 is 19.9 Å². The molecule has 34 heavy (non-hydrogen) atoms. The van der Waals surface area contributed by atoms with Crippen molar-refractivity contribution in [3.05, 3.63) is 17.7 Å². The van der Waals surface area contributed by atoms with Crippen LogP contribution in [0.3, 0.4) is 0 Å². The lowest BCUT2D eigenvalue weighted by molar-refractivity contribution is -0.144. The molecule has 0 fully saturated rings. The number of nitrogens with zero attached hydrogens (tertiary/aromatic N) is 3. The van der Waals surface area contributed by atoms with E-state index in [9.17, 15) is 24.3 Å². The van der Waals surface area contributed by atoms with Gasteiger partial charge in [0.15, 0.2) is 0 Å². The second kappa shape index (κ2) is 10.0. The van der Waals surface area contributed by atoms with Crippen molar-refractivity contribution < 1.29 is 33.8 Å². The molecule has 2 heterocycles. The van der Waals surface area contributed by atoms with Crippen LogP contribution in [0.15, 0.2) is 6.33 Å². The van der Waals surface area contributed by atoms with Crippen LogP contribution in [0.2, 0.25) is 0 Å². The molecule has 1 aromatic heterocycles. The monoisotopic (exact) mass is 480 g/mol. The van der Waals surface area contributed by atoms with E-state index in [4.69, 9.17) is 9.47 Å². The number of fused-ring (bicyclic) bond motifs is 1. The molecule has 2 amide bonds. The number of aromatic nitrogens is 2. The van der Waals surface area contributed by atoms with E-state index in [2.05, 4.69) is 10.3 Å². The summed E-state index contributed by atoms with van der Waals surface area (Å²) < 4.78 is 12.1. The minimum atomic E-state index is -1.16. The fraction of sp³-hybridized carbons (Fsp3) is 0.696. The standard InChI is InChI=1S/C23H36N4O7/c1-9-13(2)17(19(29)30)25-18(28)15-10-14-16(11-26(15)20(31)33-22(3,4)5)27(12-24-14)21(32)34-23(6,7)8/h12-13,15,17H,9-11H2,1-8H3,(H,25,28)(H,29,30)/t13-,15-,17-/m0/s1. The number of carboxylic acids is 1. The minimum Gasteiger partial charge on any atom is -0.480 e. The van der Waals surface area contributed by atoms with Gasteiger partial charge in [0.1, 0.15) is 29.6 Å². The van der Waals surface area contributed by atoms with Crippen LogP contribution in [0.25, 0.3) is 0 Å². The van der Waals surface area contributed by atoms with Gasteiger partial charge in [-0.25, -0.2) is 23.9 Å². The summed E-state index contributed by atoms with van der Waals surface area (Å²) in [5.41, 5.74) is -0.718. The van der Waals surface area contributed by atoms with Crippen molar-refractivity contribution in [1.82, 2.24) is 19.8 Å². The summed E-state index contributed by atoms with van der Waals surface area (Å²) in [6.45, 7) is 13.7. The predicted molar refractivity (Wildman–Crippen MR) is 122 cm³/mol. The number of carboxylic acid groups (broad SMARTS) is 1. The number of aliphatic carboxylic acids is 1. The van der Waals surface area contributed by atoms with Crippen molar-refractivity contribution >= 4 is 24.1 Å². The number of hydrogen-bond acceptors (Lipinski definition) is 7. The maximum atomic E-state index is 13.2. The van der Waals surface area contributed by atoms with E-state index < -0.39 is 47.3 Å². The average Bonchev–Trinajstić information content (AvgIpc) is 3.10. The van der Waals surface area contributed by atoms with Gasteiger partial charge >= 0.3 is 18.2 Å². The average molecular weight is 481 g/mol. The van der Waals surface area contributed by atoms with Crippen molar-refractivity contribution in [3.8, 4) is 0 Å². The lowest BCUT2D eigenvalue weighted by Crippen LogP contribution is -2.57. The molecule has 0 aliphatic carbocycles. The maximum Gasteiger partial charge on any atom is 0.420 e. The van der Waals surface area contributed by atoms with Gasteiger partial charge in [-0.2, -0.15) is 0 Å². The van der Waals surface area contributed by atoms with E-state index in [0.717, 1.165) is 0 Å². The molecular formula is C23H36N4O7. The highest BCUT2D eigenvalue weighted by atomic mass is 16.6. The molecule has 1 aliphatic heterocycles. The summed E-state index contributed by atoms with van der Waals surface area (Å²) in [4.78, 5) is 56.1. The van der Waals surface area contributed by atoms with Gasteiger partial charge in [-0.05, 0) is 47.5 Å². The van der Waals surface area contributed by atoms with Crippen LogP contribution in [-0.2, 0) is 32.0 Å². The van der Waals surface area contributed by atoms with Crippen LogP contribution < -0.4 is 5.32 Å². The van der Waals surface area contributed by atoms with Crippen molar-refractivity contribution in [2.45, 2.75) is 98.1 Å². The predicted octanol–water partition coefficient (Wildman–Crippen LogP) is 2.94. The van der Waals surface area contributed by atoms with Gasteiger partial charge in [0.05, 0.1) is 17.9 Å². The van der Waals surface area contributed by atoms with Crippen LogP contribution >= 0.6 is 0 Å². The Morgan fingerprint density at radius 2 is 1.68 bits per heavy atom. The number of amides is 2. The second-order valence-electron chi connectivity index (χ2n) is 10.5. The third-order valence-electron chi connectivity index (χ3n) is 5.33. The topological polar surface area (TPSA) is 140 Å². The smallest absolute Gasteiger partial charge is 0.420 e. The highest BCUT2D eigenvalue weighted by Gasteiger charge is 2.41. The fourth-order valence-electron chi connectivity index (χ4n) is 3.46. The Balaban J connectivity index is 2.40. The zero-order valence-corrected chi connectivity index (χ0v) is 21.2. The van der Waals surface area contributed by atoms with Gasteiger partial charge in [0, 0.05) is 6.42 Å². The van der Waals surface area contributed by atoms with Crippen molar-refractivity contribution in [1.29, 1.82) is 0 Å². The van der Waals surface area contributed by atoms with E-state index in [0.29, 0.717) is 17.8 Å². The van der Waals surface area contributed by atoms with Crippen molar-refractivity contribution in [3.63, 3.8) is 0 Å². The fourth-order valence-corrected chi connectivity index (χ4v) is 3.46. The van der Waals surface area contributed by atoms with Gasteiger partial charge in [-0.3, -0.25) is 9.69 Å². The molecule has 0 aromatic carbocycles. The van der Waals surface area contributed by atoms with E-state index in [-0.39, 0.29) is 18.9 Å². The molecule has 2 N–H and O–H groups in total. The summed E-state index contributed by atoms with van der Waals surface area (Å²) in [5.74, 6) is -2.10. The quantitative estimate of drug-likeness (QED) is 0.655. The van der Waals surface area contributed by atoms with Crippen LogP contribution in [0.1, 0.15) is 73.2 Å². The largest absolute Gasteiger partial charge is 0.480 e. The Bertz CT molecular complexity index is 942. The molecule has 0 unspecified atom stereocenters. The Kier molecular flexibility index (Phi) is 8.00. The highest BCUT2D eigenvalue weighted by Crippen LogP contribution is 2.26. The Hall–Kier alpha value is -3.11. The van der Waals surface area contributed by atoms with Gasteiger partial charge in [-0.15, -0.1) is 0 Å². The Morgan fingerprint density at radius 1 is 1.12 bits per heavy atom. The molecular weight excluding hydrogens is 444 g/mol. The number of carbonyl (C=O) groups is 4. The van der Waals surface area contributed by atoms with Crippen LogP contribution in [0.5, 0.6) is 0 Å². The van der Waals surface area contributed by atoms with Crippen LogP contribution in [0.4, 0.5) is 9.59 Å². The number of ether oxygens (including phenoxy) is 2. The first-order valence-corrected chi connectivity index (χ1v) is 11.3. The Morgan fingerprint density at radius 3 is 2.18 bits per heavy atom. The first kappa shape index (κ1) is 27.1. The van der Waals surface area contributed by atoms with E-state index in [1.54, 1.807) is 48.5 Å². The first-order valence-electron chi connectivity index (χ1n) is 11.3. The first-order chi connectivity index (χ1) is 15.5. The summed E-state index contributed by atoms with van der Waals surface area (Å²) in [6, 6.07) is -2.17. The number of nitrogens with one attached hydrogen (secondary N) is 1. The summed E-state index contributed by atoms with van der Waals surface area (Å²) in [7, 11) is 0. The normalized spacial score (nSPS) is 17.9. The SMILES string of the molecule is CC[C@H](C)[C@H](NC(=O)[C@@H]1Cc2ncn(C(=O)OC(C)(C)C)c2CN1C(=O)OC(C)(C)C)C(=O)O. The third-order valence-corrected chi connectivity index (χ3v) is 5.33. The van der Waals surface area contributed by atoms with Crippen LogP contribution in [0, 0.1) is 5.92 Å². The molecule has 1 aromatic rings. The molecule has 190 valence electrons. The summed E-state index contributed by atoms with van der Waals surface area (Å²) >= 11 is 0. The molecule has 11 nitrogen and oxygen atoms in total. The number of imidazole rings is 1. The number of hydrogen-bond donors (Lipinski definition) is 2. The van der Waals surface area contributed by atoms with Gasteiger partial charge in [-0.1, -0.05) is 20.3 Å². The molecule has 0 spiro atoms. The third kappa shape index (κ3) is 6.71. The highest BCUT2D eigenvalue weighted by molar-refractivity contribution is 5.90. The zero-order chi connectivity index (χ0) is 26.0. The lowest BCUT2D eigenvalue weighted by atomic mass is 9.97. The molecule has 3 atom stereocenters. The molecule has 2 rings (SSSR count). The number of carbonyl (C=O) groups excluding carboxylic acids is 3. The molecule has 0 radical (unpaired) electrons. The number of rotatable bonds is 5. The second-order valence-corrected chi connectivity index (χ2v) is 10.5. The van der Waals surface area contributed by atoms with E-state index >= 15 is 0 Å². The van der Waals surface area contributed by atoms with Crippen molar-refractivity contribution in [2.75, 3.05) is 0 Å². The zero-order valence-electron chi connectivity index (χ0n) is 21.2. The lowest BCUT2D eigenvalue weighted by Gasteiger charge is -2.36. The molecule has 0 saturated carbocycles.